The summed E-state index contributed by atoms with van der Waals surface area (Å²) in [6, 6.07) is 0. The molecule has 9 nitrogen and oxygen atoms in total. The van der Waals surface area contributed by atoms with Crippen molar-refractivity contribution >= 4 is 95.9 Å². The molecule has 0 aromatic heterocycles. The van der Waals surface area contributed by atoms with Gasteiger partial charge in [-0.1, -0.05) is 0 Å². The molecule has 0 aliphatic heterocycles. The molecule has 0 heterocycles. The third-order valence-corrected chi connectivity index (χ3v) is 0. The first-order valence-electron chi connectivity index (χ1n) is 1.40. The SMILES string of the molecule is O.O=S(=O)(O)O.O=S(=O)(O)O.[AlH3].[AlH3].[AlH3].[H-].[H-].[Mg+2]. The molecule has 0 rings (SSSR count). The fourth-order valence-corrected chi connectivity index (χ4v) is 0. The Bertz CT molecular complexity index is 229. The average molecular weight is 331 g/mol. The predicted octanol–water partition coefficient (Wildman–Crippen LogP) is -5.84. The van der Waals surface area contributed by atoms with E-state index in [-0.39, 0.29) is 83.5 Å². The van der Waals surface area contributed by atoms with Crippen molar-refractivity contribution in [2.24, 2.45) is 0 Å². The van der Waals surface area contributed by atoms with Crippen LogP contribution in [0.4, 0.5) is 0 Å². The summed E-state index contributed by atoms with van der Waals surface area (Å²) in [5, 5.41) is 0. The van der Waals surface area contributed by atoms with Crippen LogP contribution in [0.1, 0.15) is 2.85 Å². The Labute approximate surface area is 138 Å². The third-order valence-electron chi connectivity index (χ3n) is 0. The van der Waals surface area contributed by atoms with Crippen molar-refractivity contribution in [3.05, 3.63) is 0 Å². The predicted molar refractivity (Wildman–Crippen MR) is 69.8 cm³/mol. The van der Waals surface area contributed by atoms with E-state index in [2.05, 4.69) is 0 Å². The van der Waals surface area contributed by atoms with Crippen LogP contribution in [0, 0.1) is 0 Å². The van der Waals surface area contributed by atoms with E-state index in [4.69, 9.17) is 35.0 Å². The van der Waals surface area contributed by atoms with E-state index in [1.165, 1.54) is 0 Å². The van der Waals surface area contributed by atoms with Gasteiger partial charge in [-0.05, 0) is 0 Å². The zero-order valence-corrected chi connectivity index (χ0v) is 8.49. The summed E-state index contributed by atoms with van der Waals surface area (Å²) in [6.45, 7) is 0. The van der Waals surface area contributed by atoms with E-state index in [1.807, 2.05) is 0 Å². The first-order chi connectivity index (χ1) is 4.00. The zero-order chi connectivity index (χ0) is 9.00. The van der Waals surface area contributed by atoms with Gasteiger partial charge < -0.3 is 8.33 Å². The molecule has 0 saturated carbocycles. The molecule has 0 aliphatic carbocycles. The molecular formula is H17Al3MgO9S2. The van der Waals surface area contributed by atoms with Gasteiger partial charge in [0.2, 0.25) is 0 Å². The maximum Gasteiger partial charge on any atom is 2.00 e. The van der Waals surface area contributed by atoms with Crippen molar-refractivity contribution in [2.75, 3.05) is 0 Å². The maximum absolute atomic E-state index is 8.74. The minimum absolute atomic E-state index is 0. The molecule has 0 radical (unpaired) electrons. The second-order valence-electron chi connectivity index (χ2n) is 0.896. The molecule has 0 bridgehead atoms. The largest absolute Gasteiger partial charge is 2.00 e. The molecule has 0 spiro atoms. The Morgan fingerprint density at radius 3 is 0.667 bits per heavy atom. The van der Waals surface area contributed by atoms with Crippen molar-refractivity contribution in [1.29, 1.82) is 0 Å². The second-order valence-corrected chi connectivity index (χ2v) is 2.69. The summed E-state index contributed by atoms with van der Waals surface area (Å²) in [5.41, 5.74) is 0. The molecule has 94 valence electrons. The van der Waals surface area contributed by atoms with E-state index in [1.54, 1.807) is 0 Å². The topological polar surface area (TPSA) is 181 Å². The summed E-state index contributed by atoms with van der Waals surface area (Å²) < 4.78 is 63.2. The van der Waals surface area contributed by atoms with Crippen LogP contribution in [0.3, 0.4) is 0 Å². The van der Waals surface area contributed by atoms with Gasteiger partial charge in [0, 0.05) is 0 Å². The minimum Gasteiger partial charge on any atom is -1.00 e. The van der Waals surface area contributed by atoms with Gasteiger partial charge in [-0.25, -0.2) is 0 Å². The van der Waals surface area contributed by atoms with Gasteiger partial charge >= 0.3 is 43.9 Å². The van der Waals surface area contributed by atoms with Gasteiger partial charge in [0.15, 0.2) is 52.1 Å². The monoisotopic (exact) mass is 330 g/mol. The van der Waals surface area contributed by atoms with Crippen molar-refractivity contribution in [2.45, 2.75) is 0 Å². The van der Waals surface area contributed by atoms with Crippen LogP contribution in [0.2, 0.25) is 0 Å². The summed E-state index contributed by atoms with van der Waals surface area (Å²) in [5.74, 6) is 0. The zero-order valence-electron chi connectivity index (χ0n) is 7.45. The number of rotatable bonds is 0. The molecule has 0 aliphatic rings. The summed E-state index contributed by atoms with van der Waals surface area (Å²) >= 11 is 0. The van der Waals surface area contributed by atoms with E-state index < -0.39 is 20.8 Å². The first kappa shape index (κ1) is 43.5. The molecule has 0 amide bonds. The molecular weight excluding hydrogens is 313 g/mol. The molecule has 0 aromatic rings. The summed E-state index contributed by atoms with van der Waals surface area (Å²) in [7, 11) is -9.33. The van der Waals surface area contributed by atoms with Crippen LogP contribution >= 0.6 is 0 Å². The van der Waals surface area contributed by atoms with Gasteiger partial charge in [-0.2, -0.15) is 16.8 Å². The average Bonchev–Trinajstić information content (AvgIpc) is 1.12. The van der Waals surface area contributed by atoms with Crippen LogP contribution in [0.25, 0.3) is 0 Å². The van der Waals surface area contributed by atoms with Crippen LogP contribution < -0.4 is 0 Å². The molecule has 0 unspecified atom stereocenters. The smallest absolute Gasteiger partial charge is 1.00 e. The van der Waals surface area contributed by atoms with E-state index >= 15 is 0 Å². The van der Waals surface area contributed by atoms with Gasteiger partial charge in [0.25, 0.3) is 0 Å². The number of hydrogen-bond donors (Lipinski definition) is 4. The van der Waals surface area contributed by atoms with Crippen molar-refractivity contribution in [1.82, 2.24) is 0 Å². The Balaban J connectivity index is -0.00000000762. The van der Waals surface area contributed by atoms with Crippen LogP contribution in [0.5, 0.6) is 0 Å². The van der Waals surface area contributed by atoms with Crippen LogP contribution in [-0.2, 0) is 20.8 Å². The summed E-state index contributed by atoms with van der Waals surface area (Å²) in [4.78, 5) is 0. The van der Waals surface area contributed by atoms with Crippen LogP contribution in [-0.4, -0.2) is 116 Å². The number of hydrogen-bond acceptors (Lipinski definition) is 4. The Hall–Kier alpha value is 2.06. The quantitative estimate of drug-likeness (QED) is 0.250. The van der Waals surface area contributed by atoms with Gasteiger partial charge in [-0.3, -0.25) is 18.2 Å². The van der Waals surface area contributed by atoms with Crippen LogP contribution in [0.15, 0.2) is 0 Å². The van der Waals surface area contributed by atoms with Crippen molar-refractivity contribution in [3.63, 3.8) is 0 Å². The molecule has 0 fully saturated rings. The molecule has 6 N–H and O–H groups in total. The molecule has 0 atom stereocenters. The third kappa shape index (κ3) is 746. The fourth-order valence-electron chi connectivity index (χ4n) is 0. The fraction of sp³-hybridized carbons (Fsp3) is 0. The van der Waals surface area contributed by atoms with Gasteiger partial charge in [0.05, 0.1) is 0 Å². The first-order valence-corrected chi connectivity index (χ1v) is 4.19. The van der Waals surface area contributed by atoms with E-state index in [0.717, 1.165) is 0 Å². The van der Waals surface area contributed by atoms with Crippen molar-refractivity contribution in [3.8, 4) is 0 Å². The van der Waals surface area contributed by atoms with E-state index in [0.29, 0.717) is 0 Å². The maximum atomic E-state index is 8.74. The van der Waals surface area contributed by atoms with Gasteiger partial charge in [0.1, 0.15) is 0 Å². The molecule has 0 saturated heterocycles. The molecule has 0 aromatic carbocycles. The Kier molecular flexibility index (Phi) is 53.4. The molecule has 15 heteroatoms. The van der Waals surface area contributed by atoms with Crippen molar-refractivity contribution < 1.29 is 43.4 Å². The van der Waals surface area contributed by atoms with Gasteiger partial charge in [-0.15, -0.1) is 0 Å². The molecule has 15 heavy (non-hydrogen) atoms. The standard InChI is InChI=1S/3Al.Mg.2H2O4S.H2O.11H/c;;;;2*1-5(2,3)4;;;;;;;;;;;;/h;;;;2*(H2,1,2,3,4);1H2;;;;;;;;;;;/q;;;+2;;;;;;;;;;;;;2*-1. The normalized spacial score (nSPS) is 7.73. The Morgan fingerprint density at radius 2 is 0.667 bits per heavy atom. The van der Waals surface area contributed by atoms with E-state index in [9.17, 15) is 0 Å². The minimum atomic E-state index is -4.67. The summed E-state index contributed by atoms with van der Waals surface area (Å²) in [6.07, 6.45) is 0. The Morgan fingerprint density at radius 1 is 0.667 bits per heavy atom. The second kappa shape index (κ2) is 18.4.